The quantitative estimate of drug-likeness (QED) is 0.342. The Labute approximate surface area is 162 Å². The van der Waals surface area contributed by atoms with Crippen molar-refractivity contribution in [2.75, 3.05) is 6.54 Å². The number of thiophene rings is 1. The maximum absolute atomic E-state index is 5.90. The minimum absolute atomic E-state index is 0. The fraction of sp³-hybridized carbons (Fsp3) is 0.176. The Morgan fingerprint density at radius 2 is 2.04 bits per heavy atom. The molecule has 0 bridgehead atoms. The molecule has 1 aromatic carbocycles. The molecule has 7 heteroatoms. The molecule has 3 aromatic rings. The zero-order valence-corrected chi connectivity index (χ0v) is 16.3. The minimum atomic E-state index is 0. The molecular weight excluding hydrogens is 433 g/mol. The lowest BCUT2D eigenvalue weighted by Crippen LogP contribution is -2.33. The number of hydrogen-bond donors (Lipinski definition) is 2. The van der Waals surface area contributed by atoms with Crippen molar-refractivity contribution in [2.24, 2.45) is 10.7 Å². The predicted molar refractivity (Wildman–Crippen MR) is 110 cm³/mol. The van der Waals surface area contributed by atoms with Crippen LogP contribution in [0.4, 0.5) is 0 Å². The lowest BCUT2D eigenvalue weighted by Gasteiger charge is -2.05. The number of nitrogens with two attached hydrogens (primary N) is 1. The van der Waals surface area contributed by atoms with Crippen LogP contribution >= 0.6 is 35.3 Å². The highest BCUT2D eigenvalue weighted by Crippen LogP contribution is 2.10. The van der Waals surface area contributed by atoms with Crippen LogP contribution in [-0.4, -0.2) is 22.3 Å². The summed E-state index contributed by atoms with van der Waals surface area (Å²) in [6.07, 6.45) is 4.65. The van der Waals surface area contributed by atoms with E-state index in [9.17, 15) is 0 Å². The Hall–Kier alpha value is -1.87. The van der Waals surface area contributed by atoms with E-state index in [4.69, 9.17) is 5.73 Å². The van der Waals surface area contributed by atoms with E-state index >= 15 is 0 Å². The Morgan fingerprint density at radius 1 is 1.21 bits per heavy atom. The molecule has 0 atom stereocenters. The average Bonchev–Trinajstić information content (AvgIpc) is 3.27. The summed E-state index contributed by atoms with van der Waals surface area (Å²) in [6.45, 7) is 1.37. The first-order valence-corrected chi connectivity index (χ1v) is 8.34. The molecule has 0 saturated heterocycles. The number of nitrogens with one attached hydrogen (secondary N) is 1. The van der Waals surface area contributed by atoms with Crippen molar-refractivity contribution in [2.45, 2.75) is 13.0 Å². The largest absolute Gasteiger partial charge is 0.370 e. The fourth-order valence-electron chi connectivity index (χ4n) is 2.18. The van der Waals surface area contributed by atoms with E-state index in [-0.39, 0.29) is 24.0 Å². The first-order valence-electron chi connectivity index (χ1n) is 7.46. The van der Waals surface area contributed by atoms with E-state index in [0.29, 0.717) is 12.5 Å². The molecule has 0 aliphatic heterocycles. The van der Waals surface area contributed by atoms with Crippen LogP contribution in [0.3, 0.4) is 0 Å². The van der Waals surface area contributed by atoms with Crippen molar-refractivity contribution in [3.05, 3.63) is 70.7 Å². The van der Waals surface area contributed by atoms with Crippen LogP contribution in [0.2, 0.25) is 0 Å². The SMILES string of the molecule is I.NC(=NCc1ccc(-n2cccn2)cc1)NCCc1cccs1. The molecule has 0 unspecified atom stereocenters. The van der Waals surface area contributed by atoms with E-state index in [0.717, 1.165) is 24.2 Å². The maximum Gasteiger partial charge on any atom is 0.188 e. The topological polar surface area (TPSA) is 68.2 Å². The van der Waals surface area contributed by atoms with Gasteiger partial charge in [0.2, 0.25) is 0 Å². The lowest BCUT2D eigenvalue weighted by molar-refractivity contribution is 0.856. The highest BCUT2D eigenvalue weighted by Gasteiger charge is 1.98. The van der Waals surface area contributed by atoms with Crippen molar-refractivity contribution >= 4 is 41.3 Å². The molecule has 0 saturated carbocycles. The molecule has 5 nitrogen and oxygen atoms in total. The molecule has 3 rings (SSSR count). The standard InChI is InChI=1S/C17H19N5S.HI/c18-17(19-10-8-16-3-1-12-23-16)20-13-14-4-6-15(7-5-14)22-11-2-9-21-22;/h1-7,9,11-12H,8,10,13H2,(H3,18,19,20);1H. The number of nitrogens with zero attached hydrogens (tertiary/aromatic N) is 3. The van der Waals surface area contributed by atoms with Gasteiger partial charge in [-0.2, -0.15) is 5.10 Å². The first kappa shape index (κ1) is 18.5. The Morgan fingerprint density at radius 3 is 2.71 bits per heavy atom. The monoisotopic (exact) mass is 453 g/mol. The van der Waals surface area contributed by atoms with Crippen molar-refractivity contribution in [3.63, 3.8) is 0 Å². The third kappa shape index (κ3) is 5.34. The van der Waals surface area contributed by atoms with Gasteiger partial charge in [-0.1, -0.05) is 18.2 Å². The number of aromatic nitrogens is 2. The van der Waals surface area contributed by atoms with Gasteiger partial charge in [-0.3, -0.25) is 0 Å². The van der Waals surface area contributed by atoms with Crippen LogP contribution < -0.4 is 11.1 Å². The molecule has 0 fully saturated rings. The van der Waals surface area contributed by atoms with E-state index in [1.807, 2.05) is 41.2 Å². The van der Waals surface area contributed by atoms with Crippen molar-refractivity contribution in [1.29, 1.82) is 0 Å². The van der Waals surface area contributed by atoms with Crippen LogP contribution in [0.15, 0.2) is 65.2 Å². The van der Waals surface area contributed by atoms with Gasteiger partial charge >= 0.3 is 0 Å². The molecule has 0 aliphatic carbocycles. The highest BCUT2D eigenvalue weighted by atomic mass is 127. The molecule has 126 valence electrons. The van der Waals surface area contributed by atoms with Crippen LogP contribution in [-0.2, 0) is 13.0 Å². The van der Waals surface area contributed by atoms with Gasteiger partial charge in [0.15, 0.2) is 5.96 Å². The average molecular weight is 453 g/mol. The lowest BCUT2D eigenvalue weighted by atomic mass is 10.2. The summed E-state index contributed by atoms with van der Waals surface area (Å²) in [4.78, 5) is 5.72. The van der Waals surface area contributed by atoms with Crippen molar-refractivity contribution < 1.29 is 0 Å². The normalized spacial score (nSPS) is 11.1. The number of guanidine groups is 1. The number of rotatable bonds is 6. The van der Waals surface area contributed by atoms with Gasteiger partial charge in [-0.25, -0.2) is 9.67 Å². The van der Waals surface area contributed by atoms with Gasteiger partial charge in [0.25, 0.3) is 0 Å². The Kier molecular flexibility index (Phi) is 7.26. The van der Waals surface area contributed by atoms with Crippen LogP contribution in [0.25, 0.3) is 5.69 Å². The second-order valence-corrected chi connectivity index (χ2v) is 6.11. The zero-order chi connectivity index (χ0) is 15.9. The van der Waals surface area contributed by atoms with Crippen molar-refractivity contribution in [1.82, 2.24) is 15.1 Å². The van der Waals surface area contributed by atoms with E-state index in [1.165, 1.54) is 4.88 Å². The summed E-state index contributed by atoms with van der Waals surface area (Å²) >= 11 is 1.76. The number of benzene rings is 1. The van der Waals surface area contributed by atoms with E-state index < -0.39 is 0 Å². The molecule has 2 aromatic heterocycles. The van der Waals surface area contributed by atoms with E-state index in [1.54, 1.807) is 17.5 Å². The highest BCUT2D eigenvalue weighted by molar-refractivity contribution is 14.0. The van der Waals surface area contributed by atoms with Gasteiger partial charge in [-0.05, 0) is 41.6 Å². The summed E-state index contributed by atoms with van der Waals surface area (Å²) < 4.78 is 1.83. The van der Waals surface area contributed by atoms with Gasteiger partial charge in [0.05, 0.1) is 12.2 Å². The summed E-state index contributed by atoms with van der Waals surface area (Å²) in [5.41, 5.74) is 8.04. The first-order chi connectivity index (χ1) is 11.3. The second-order valence-electron chi connectivity index (χ2n) is 5.07. The molecule has 0 aliphatic rings. The summed E-state index contributed by atoms with van der Waals surface area (Å²) in [6, 6.07) is 14.2. The Bertz CT molecular complexity index is 736. The van der Waals surface area contributed by atoms with Gasteiger partial charge < -0.3 is 11.1 Å². The van der Waals surface area contributed by atoms with Crippen LogP contribution in [0.5, 0.6) is 0 Å². The third-order valence-corrected chi connectivity index (χ3v) is 4.33. The molecule has 0 radical (unpaired) electrons. The molecule has 2 heterocycles. The molecule has 3 N–H and O–H groups in total. The molecule has 24 heavy (non-hydrogen) atoms. The smallest absolute Gasteiger partial charge is 0.188 e. The van der Waals surface area contributed by atoms with Crippen LogP contribution in [0, 0.1) is 0 Å². The third-order valence-electron chi connectivity index (χ3n) is 3.39. The summed E-state index contributed by atoms with van der Waals surface area (Å²) in [7, 11) is 0. The maximum atomic E-state index is 5.90. The van der Waals surface area contributed by atoms with E-state index in [2.05, 4.69) is 32.9 Å². The fourth-order valence-corrected chi connectivity index (χ4v) is 2.89. The zero-order valence-electron chi connectivity index (χ0n) is 13.1. The molecular formula is C17H20IN5S. The number of aliphatic imine (C=N–C) groups is 1. The summed E-state index contributed by atoms with van der Waals surface area (Å²) in [5.74, 6) is 0.484. The predicted octanol–water partition coefficient (Wildman–Crippen LogP) is 3.20. The molecule has 0 spiro atoms. The van der Waals surface area contributed by atoms with Crippen LogP contribution in [0.1, 0.15) is 10.4 Å². The van der Waals surface area contributed by atoms with Gasteiger partial charge in [0, 0.05) is 23.8 Å². The van der Waals surface area contributed by atoms with Crippen molar-refractivity contribution in [3.8, 4) is 5.69 Å². The molecule has 0 amide bonds. The van der Waals surface area contributed by atoms with Gasteiger partial charge in [-0.15, -0.1) is 35.3 Å². The second kappa shape index (κ2) is 9.43. The number of halogens is 1. The Balaban J connectivity index is 0.00000208. The minimum Gasteiger partial charge on any atom is -0.370 e. The van der Waals surface area contributed by atoms with Gasteiger partial charge in [0.1, 0.15) is 0 Å². The summed E-state index contributed by atoms with van der Waals surface area (Å²) in [5, 5.41) is 9.43. The number of hydrogen-bond acceptors (Lipinski definition) is 3.